The van der Waals surface area contributed by atoms with Crippen molar-refractivity contribution in [1.29, 1.82) is 0 Å². The quantitative estimate of drug-likeness (QED) is 0.727. The average molecular weight is 349 g/mol. The van der Waals surface area contributed by atoms with E-state index in [0.717, 1.165) is 32.0 Å². The highest BCUT2D eigenvalue weighted by Crippen LogP contribution is 2.22. The minimum atomic E-state index is 0.658. The van der Waals surface area contributed by atoms with Gasteiger partial charge in [-0.25, -0.2) is 19.9 Å². The molecule has 0 spiro atoms. The highest BCUT2D eigenvalue weighted by atomic mass is 16.5. The fourth-order valence-corrected chi connectivity index (χ4v) is 2.71. The van der Waals surface area contributed by atoms with E-state index < -0.39 is 0 Å². The van der Waals surface area contributed by atoms with Crippen LogP contribution in [0.15, 0.2) is 55.2 Å². The second-order valence-corrected chi connectivity index (χ2v) is 5.78. The van der Waals surface area contributed by atoms with Crippen molar-refractivity contribution < 1.29 is 4.74 Å². The molecule has 0 amide bonds. The van der Waals surface area contributed by atoms with Crippen molar-refractivity contribution in [2.24, 2.45) is 0 Å². The molecule has 132 valence electrons. The molecule has 0 unspecified atom stereocenters. The summed E-state index contributed by atoms with van der Waals surface area (Å²) >= 11 is 0. The second-order valence-electron chi connectivity index (χ2n) is 5.78. The Kier molecular flexibility index (Phi) is 4.83. The van der Waals surface area contributed by atoms with Crippen LogP contribution < -0.4 is 15.5 Å². The normalized spacial score (nSPS) is 14.1. The molecule has 1 aromatic carbocycles. The van der Waals surface area contributed by atoms with Gasteiger partial charge in [0.2, 0.25) is 0 Å². The monoisotopic (exact) mass is 349 g/mol. The Labute approximate surface area is 151 Å². The third-order valence-corrected chi connectivity index (χ3v) is 4.02. The Morgan fingerprint density at radius 2 is 1.54 bits per heavy atom. The molecule has 8 nitrogen and oxygen atoms in total. The maximum Gasteiger partial charge on any atom is 0.137 e. The Morgan fingerprint density at radius 3 is 2.27 bits per heavy atom. The van der Waals surface area contributed by atoms with Gasteiger partial charge in [-0.2, -0.15) is 0 Å². The highest BCUT2D eigenvalue weighted by Gasteiger charge is 2.10. The third-order valence-electron chi connectivity index (χ3n) is 4.02. The van der Waals surface area contributed by atoms with Gasteiger partial charge in [-0.3, -0.25) is 0 Å². The maximum absolute atomic E-state index is 5.40. The fourth-order valence-electron chi connectivity index (χ4n) is 2.71. The molecule has 1 aliphatic rings. The molecule has 0 atom stereocenters. The van der Waals surface area contributed by atoms with Crippen molar-refractivity contribution >= 4 is 28.8 Å². The van der Waals surface area contributed by atoms with Crippen molar-refractivity contribution in [3.8, 4) is 0 Å². The number of nitrogens with zero attached hydrogens (tertiary/aromatic N) is 5. The van der Waals surface area contributed by atoms with Crippen LogP contribution >= 0.6 is 0 Å². The fraction of sp³-hybridized carbons (Fsp3) is 0.222. The lowest BCUT2D eigenvalue weighted by Gasteiger charge is -2.28. The molecule has 4 rings (SSSR count). The first-order valence-electron chi connectivity index (χ1n) is 8.42. The van der Waals surface area contributed by atoms with Crippen molar-refractivity contribution in [1.82, 2.24) is 19.9 Å². The largest absolute Gasteiger partial charge is 0.378 e. The summed E-state index contributed by atoms with van der Waals surface area (Å²) in [5.41, 5.74) is 2.17. The SMILES string of the molecule is c1cc(Nc2cc(Nc3ccc(N4CCOCC4)cc3)ncn2)ncn1. The zero-order chi connectivity index (χ0) is 17.6. The Hall–Kier alpha value is -3.26. The van der Waals surface area contributed by atoms with Gasteiger partial charge in [0.25, 0.3) is 0 Å². The minimum Gasteiger partial charge on any atom is -0.378 e. The van der Waals surface area contributed by atoms with Crippen molar-refractivity contribution in [2.45, 2.75) is 0 Å². The number of nitrogens with one attached hydrogen (secondary N) is 2. The molecule has 2 N–H and O–H groups in total. The first-order chi connectivity index (χ1) is 12.9. The van der Waals surface area contributed by atoms with Crippen LogP contribution in [0.3, 0.4) is 0 Å². The third kappa shape index (κ3) is 4.04. The van der Waals surface area contributed by atoms with Gasteiger partial charge >= 0.3 is 0 Å². The van der Waals surface area contributed by atoms with Crippen LogP contribution in [0.4, 0.5) is 28.8 Å². The summed E-state index contributed by atoms with van der Waals surface area (Å²) in [6.45, 7) is 3.42. The topological polar surface area (TPSA) is 88.1 Å². The van der Waals surface area contributed by atoms with Crippen LogP contribution in [-0.2, 0) is 4.74 Å². The highest BCUT2D eigenvalue weighted by molar-refractivity contribution is 5.63. The summed E-state index contributed by atoms with van der Waals surface area (Å²) in [7, 11) is 0. The first-order valence-corrected chi connectivity index (χ1v) is 8.42. The van der Waals surface area contributed by atoms with Gasteiger partial charge in [-0.15, -0.1) is 0 Å². The van der Waals surface area contributed by atoms with E-state index in [4.69, 9.17) is 4.74 Å². The number of morpholine rings is 1. The lowest BCUT2D eigenvalue weighted by atomic mass is 10.2. The maximum atomic E-state index is 5.40. The molecule has 1 saturated heterocycles. The molecule has 0 aliphatic carbocycles. The summed E-state index contributed by atoms with van der Waals surface area (Å²) < 4.78 is 5.40. The smallest absolute Gasteiger partial charge is 0.137 e. The summed E-state index contributed by atoms with van der Waals surface area (Å²) in [6, 6.07) is 11.9. The Bertz CT molecular complexity index is 836. The lowest BCUT2D eigenvalue weighted by molar-refractivity contribution is 0.122. The predicted octanol–water partition coefficient (Wildman–Crippen LogP) is 2.59. The number of aromatic nitrogens is 4. The van der Waals surface area contributed by atoms with Crippen molar-refractivity contribution in [3.05, 3.63) is 55.2 Å². The van der Waals surface area contributed by atoms with Crippen LogP contribution in [-0.4, -0.2) is 46.2 Å². The molecule has 8 heteroatoms. The standard InChI is InChI=1S/C18H19N7O/c1-3-15(25-7-9-26-10-8-25)4-2-14(1)23-17-11-18(22-13-21-17)24-16-5-6-19-12-20-16/h1-6,11-13H,7-10H2,(H2,19,20,21,22,23,24). The molecule has 3 aromatic rings. The molecule has 0 bridgehead atoms. The molecular weight excluding hydrogens is 330 g/mol. The van der Waals surface area contributed by atoms with E-state index in [1.165, 1.54) is 18.3 Å². The van der Waals surface area contributed by atoms with E-state index in [1.807, 2.05) is 18.2 Å². The molecule has 3 heterocycles. The number of benzene rings is 1. The molecule has 0 saturated carbocycles. The minimum absolute atomic E-state index is 0.658. The van der Waals surface area contributed by atoms with Crippen LogP contribution in [0.2, 0.25) is 0 Å². The van der Waals surface area contributed by atoms with Crippen molar-refractivity contribution in [3.63, 3.8) is 0 Å². The molecule has 2 aromatic heterocycles. The average Bonchev–Trinajstić information content (AvgIpc) is 2.70. The summed E-state index contributed by atoms with van der Waals surface area (Å²) in [4.78, 5) is 18.8. The molecule has 1 fully saturated rings. The van der Waals surface area contributed by atoms with E-state index in [2.05, 4.69) is 47.6 Å². The van der Waals surface area contributed by atoms with Gasteiger partial charge < -0.3 is 20.3 Å². The van der Waals surface area contributed by atoms with Crippen LogP contribution in [0, 0.1) is 0 Å². The van der Waals surface area contributed by atoms with Gasteiger partial charge in [-0.1, -0.05) is 0 Å². The molecule has 0 radical (unpaired) electrons. The zero-order valence-corrected chi connectivity index (χ0v) is 14.2. The molecular formula is C18H19N7O. The van der Waals surface area contributed by atoms with Crippen LogP contribution in [0.1, 0.15) is 0 Å². The van der Waals surface area contributed by atoms with Crippen LogP contribution in [0.25, 0.3) is 0 Å². The zero-order valence-electron chi connectivity index (χ0n) is 14.2. The van der Waals surface area contributed by atoms with Crippen molar-refractivity contribution in [2.75, 3.05) is 41.8 Å². The van der Waals surface area contributed by atoms with E-state index in [1.54, 1.807) is 12.3 Å². The van der Waals surface area contributed by atoms with Gasteiger partial charge in [-0.05, 0) is 30.3 Å². The molecule has 26 heavy (non-hydrogen) atoms. The van der Waals surface area contributed by atoms with E-state index in [0.29, 0.717) is 17.5 Å². The second kappa shape index (κ2) is 7.75. The van der Waals surface area contributed by atoms with Gasteiger partial charge in [0.05, 0.1) is 13.2 Å². The number of anilines is 5. The van der Waals surface area contributed by atoms with E-state index in [9.17, 15) is 0 Å². The van der Waals surface area contributed by atoms with Gasteiger partial charge in [0.1, 0.15) is 30.1 Å². The summed E-state index contributed by atoms with van der Waals surface area (Å²) in [6.07, 6.45) is 4.67. The van der Waals surface area contributed by atoms with Crippen LogP contribution in [0.5, 0.6) is 0 Å². The van der Waals surface area contributed by atoms with E-state index in [-0.39, 0.29) is 0 Å². The van der Waals surface area contributed by atoms with Gasteiger partial charge in [0.15, 0.2) is 0 Å². The number of rotatable bonds is 5. The predicted molar refractivity (Wildman–Crippen MR) is 100 cm³/mol. The number of hydrogen-bond acceptors (Lipinski definition) is 8. The number of ether oxygens (including phenoxy) is 1. The van der Waals surface area contributed by atoms with E-state index >= 15 is 0 Å². The number of hydrogen-bond donors (Lipinski definition) is 2. The Balaban J connectivity index is 1.43. The summed E-state index contributed by atoms with van der Waals surface area (Å²) in [5, 5.41) is 6.41. The lowest BCUT2D eigenvalue weighted by Crippen LogP contribution is -2.36. The summed E-state index contributed by atoms with van der Waals surface area (Å²) in [5.74, 6) is 2.04. The first kappa shape index (κ1) is 16.2. The van der Waals surface area contributed by atoms with Gasteiger partial charge in [0, 0.05) is 36.7 Å². The molecule has 1 aliphatic heterocycles. The Morgan fingerprint density at radius 1 is 0.808 bits per heavy atom.